The van der Waals surface area contributed by atoms with Crippen LogP contribution in [0.25, 0.3) is 21.8 Å². The zero-order valence-corrected chi connectivity index (χ0v) is 9.51. The predicted molar refractivity (Wildman–Crippen MR) is 67.9 cm³/mol. The number of rotatable bonds is 0. The average Bonchev–Trinajstić information content (AvgIpc) is 2.54. The van der Waals surface area contributed by atoms with Gasteiger partial charge >= 0.3 is 0 Å². The Balaban J connectivity index is 2.53. The number of anilines is 1. The molecule has 1 heterocycles. The van der Waals surface area contributed by atoms with Crippen LogP contribution in [0.15, 0.2) is 40.9 Å². The minimum atomic E-state index is 0.798. The molecule has 0 atom stereocenters. The lowest BCUT2D eigenvalue weighted by molar-refractivity contribution is 1.54. The molecule has 3 rings (SSSR count). The van der Waals surface area contributed by atoms with E-state index in [0.29, 0.717) is 0 Å². The topological polar surface area (TPSA) is 41.8 Å². The molecule has 0 aliphatic carbocycles. The highest BCUT2D eigenvalue weighted by molar-refractivity contribution is 9.10. The van der Waals surface area contributed by atoms with Crippen molar-refractivity contribution in [1.29, 1.82) is 0 Å². The Hall–Kier alpha value is -1.48. The summed E-state index contributed by atoms with van der Waals surface area (Å²) in [4.78, 5) is 3.36. The van der Waals surface area contributed by atoms with Gasteiger partial charge in [-0.05, 0) is 30.3 Å². The summed E-state index contributed by atoms with van der Waals surface area (Å²) in [5.41, 5.74) is 8.83. The number of benzene rings is 2. The molecule has 3 aromatic rings. The highest BCUT2D eigenvalue weighted by Crippen LogP contribution is 2.28. The second-order valence-corrected chi connectivity index (χ2v) is 4.54. The molecule has 15 heavy (non-hydrogen) atoms. The first-order valence-electron chi connectivity index (χ1n) is 4.70. The fourth-order valence-corrected chi connectivity index (χ4v) is 2.25. The fraction of sp³-hybridized carbons (Fsp3) is 0. The number of hydrogen-bond donors (Lipinski definition) is 2. The predicted octanol–water partition coefficient (Wildman–Crippen LogP) is 3.67. The maximum atomic E-state index is 5.78. The van der Waals surface area contributed by atoms with Crippen molar-refractivity contribution >= 4 is 43.4 Å². The molecule has 0 saturated heterocycles. The van der Waals surface area contributed by atoms with Crippen LogP contribution in [0.4, 0.5) is 5.69 Å². The summed E-state index contributed by atoms with van der Waals surface area (Å²) in [5.74, 6) is 0. The minimum Gasteiger partial charge on any atom is -0.399 e. The van der Waals surface area contributed by atoms with Crippen molar-refractivity contribution in [2.45, 2.75) is 0 Å². The second kappa shape index (κ2) is 3.00. The summed E-state index contributed by atoms with van der Waals surface area (Å²) in [7, 11) is 0. The van der Waals surface area contributed by atoms with Gasteiger partial charge in [-0.15, -0.1) is 0 Å². The van der Waals surface area contributed by atoms with Crippen LogP contribution in [0.2, 0.25) is 0 Å². The van der Waals surface area contributed by atoms with E-state index in [1.807, 2.05) is 24.3 Å². The summed E-state index contributed by atoms with van der Waals surface area (Å²) in [5, 5.41) is 2.39. The van der Waals surface area contributed by atoms with Gasteiger partial charge in [-0.3, -0.25) is 0 Å². The van der Waals surface area contributed by atoms with Crippen molar-refractivity contribution in [1.82, 2.24) is 4.98 Å². The molecule has 3 N–H and O–H groups in total. The SMILES string of the molecule is Nc1ccc2[nH]c3cc(Br)ccc3c2c1. The van der Waals surface area contributed by atoms with Gasteiger partial charge in [0.25, 0.3) is 0 Å². The van der Waals surface area contributed by atoms with E-state index < -0.39 is 0 Å². The van der Waals surface area contributed by atoms with Crippen LogP contribution < -0.4 is 5.73 Å². The van der Waals surface area contributed by atoms with Gasteiger partial charge < -0.3 is 10.7 Å². The third kappa shape index (κ3) is 1.31. The maximum Gasteiger partial charge on any atom is 0.0476 e. The second-order valence-electron chi connectivity index (χ2n) is 3.62. The molecule has 0 aliphatic heterocycles. The van der Waals surface area contributed by atoms with E-state index in [1.165, 1.54) is 10.8 Å². The Morgan fingerprint density at radius 1 is 0.933 bits per heavy atom. The smallest absolute Gasteiger partial charge is 0.0476 e. The largest absolute Gasteiger partial charge is 0.399 e. The highest BCUT2D eigenvalue weighted by Gasteiger charge is 2.04. The van der Waals surface area contributed by atoms with E-state index in [0.717, 1.165) is 21.2 Å². The Labute approximate surface area is 95.2 Å². The van der Waals surface area contributed by atoms with Gasteiger partial charge in [0.15, 0.2) is 0 Å². The van der Waals surface area contributed by atoms with Crippen molar-refractivity contribution in [3.8, 4) is 0 Å². The molecule has 74 valence electrons. The lowest BCUT2D eigenvalue weighted by Crippen LogP contribution is -1.81. The number of aromatic amines is 1. The number of nitrogens with one attached hydrogen (secondary N) is 1. The number of nitrogen functional groups attached to an aromatic ring is 1. The zero-order chi connectivity index (χ0) is 10.4. The first kappa shape index (κ1) is 8.80. The number of nitrogens with two attached hydrogens (primary N) is 1. The maximum absolute atomic E-state index is 5.78. The number of hydrogen-bond acceptors (Lipinski definition) is 1. The molecular weight excluding hydrogens is 252 g/mol. The Kier molecular flexibility index (Phi) is 1.76. The third-order valence-corrected chi connectivity index (χ3v) is 3.08. The minimum absolute atomic E-state index is 0.798. The summed E-state index contributed by atoms with van der Waals surface area (Å²) < 4.78 is 1.08. The van der Waals surface area contributed by atoms with Gasteiger partial charge in [0, 0.05) is 32.0 Å². The van der Waals surface area contributed by atoms with Crippen molar-refractivity contribution < 1.29 is 0 Å². The van der Waals surface area contributed by atoms with Crippen LogP contribution in [0.5, 0.6) is 0 Å². The van der Waals surface area contributed by atoms with Crippen LogP contribution in [0, 0.1) is 0 Å². The van der Waals surface area contributed by atoms with Gasteiger partial charge in [-0.2, -0.15) is 0 Å². The molecule has 0 spiro atoms. The third-order valence-electron chi connectivity index (χ3n) is 2.58. The number of fused-ring (bicyclic) bond motifs is 3. The molecule has 0 unspecified atom stereocenters. The number of H-pyrrole nitrogens is 1. The van der Waals surface area contributed by atoms with Gasteiger partial charge in [-0.1, -0.05) is 22.0 Å². The standard InChI is InChI=1S/C12H9BrN2/c13-7-1-3-9-10-6-8(14)2-4-11(10)15-12(9)5-7/h1-6,15H,14H2. The van der Waals surface area contributed by atoms with Crippen molar-refractivity contribution in [2.24, 2.45) is 0 Å². The van der Waals surface area contributed by atoms with E-state index in [4.69, 9.17) is 5.73 Å². The molecule has 2 nitrogen and oxygen atoms in total. The average molecular weight is 261 g/mol. The van der Waals surface area contributed by atoms with Crippen LogP contribution in [0.3, 0.4) is 0 Å². The lowest BCUT2D eigenvalue weighted by Gasteiger charge is -1.93. The van der Waals surface area contributed by atoms with E-state index >= 15 is 0 Å². The number of aromatic nitrogens is 1. The Morgan fingerprint density at radius 3 is 2.67 bits per heavy atom. The van der Waals surface area contributed by atoms with E-state index in [1.54, 1.807) is 0 Å². The van der Waals surface area contributed by atoms with Gasteiger partial charge in [0.05, 0.1) is 0 Å². The van der Waals surface area contributed by atoms with Gasteiger partial charge in [0.1, 0.15) is 0 Å². The van der Waals surface area contributed by atoms with E-state index in [9.17, 15) is 0 Å². The molecule has 0 amide bonds. The fourth-order valence-electron chi connectivity index (χ4n) is 1.89. The summed E-state index contributed by atoms with van der Waals surface area (Å²) in [6, 6.07) is 12.1. The quantitative estimate of drug-likeness (QED) is 0.596. The van der Waals surface area contributed by atoms with E-state index in [2.05, 4.69) is 33.0 Å². The van der Waals surface area contributed by atoms with E-state index in [-0.39, 0.29) is 0 Å². The van der Waals surface area contributed by atoms with Crippen LogP contribution in [-0.4, -0.2) is 4.98 Å². The molecular formula is C12H9BrN2. The van der Waals surface area contributed by atoms with Crippen molar-refractivity contribution in [3.63, 3.8) is 0 Å². The molecule has 0 bridgehead atoms. The summed E-state index contributed by atoms with van der Waals surface area (Å²) in [6.07, 6.45) is 0. The monoisotopic (exact) mass is 260 g/mol. The molecule has 0 aliphatic rings. The first-order valence-corrected chi connectivity index (χ1v) is 5.50. The Morgan fingerprint density at radius 2 is 1.80 bits per heavy atom. The molecule has 0 radical (unpaired) electrons. The first-order chi connectivity index (χ1) is 7.24. The molecule has 0 saturated carbocycles. The molecule has 0 fully saturated rings. The van der Waals surface area contributed by atoms with Crippen molar-refractivity contribution in [2.75, 3.05) is 5.73 Å². The molecule has 2 aromatic carbocycles. The molecule has 1 aromatic heterocycles. The number of halogens is 1. The lowest BCUT2D eigenvalue weighted by atomic mass is 10.1. The Bertz CT molecular complexity index is 655. The summed E-state index contributed by atoms with van der Waals surface area (Å²) >= 11 is 3.46. The van der Waals surface area contributed by atoms with Crippen LogP contribution in [0.1, 0.15) is 0 Å². The van der Waals surface area contributed by atoms with Gasteiger partial charge in [-0.25, -0.2) is 0 Å². The van der Waals surface area contributed by atoms with Gasteiger partial charge in [0.2, 0.25) is 0 Å². The van der Waals surface area contributed by atoms with Crippen molar-refractivity contribution in [3.05, 3.63) is 40.9 Å². The van der Waals surface area contributed by atoms with Crippen LogP contribution in [-0.2, 0) is 0 Å². The van der Waals surface area contributed by atoms with Crippen LogP contribution >= 0.6 is 15.9 Å². The highest BCUT2D eigenvalue weighted by atomic mass is 79.9. The summed E-state index contributed by atoms with van der Waals surface area (Å²) in [6.45, 7) is 0. The molecule has 3 heteroatoms. The normalized spacial score (nSPS) is 11.3. The zero-order valence-electron chi connectivity index (χ0n) is 7.92.